The largest absolute Gasteiger partial charge is 0.496 e. The van der Waals surface area contributed by atoms with Crippen LogP contribution < -0.4 is 9.88 Å². The number of rotatable bonds is 6. The van der Waals surface area contributed by atoms with Gasteiger partial charge in [-0.1, -0.05) is 54.6 Å². The molecule has 10 heteroatoms. The predicted molar refractivity (Wildman–Crippen MR) is 126 cm³/mol. The van der Waals surface area contributed by atoms with Crippen LogP contribution in [0.25, 0.3) is 22.4 Å². The summed E-state index contributed by atoms with van der Waals surface area (Å²) in [5.41, 5.74) is 0.0386. The van der Waals surface area contributed by atoms with Gasteiger partial charge in [-0.2, -0.15) is 18.3 Å². The number of aryl methyl sites for hydroxylation is 1. The van der Waals surface area contributed by atoms with Crippen molar-refractivity contribution in [3.05, 3.63) is 89.6 Å². The molecule has 182 valence electrons. The van der Waals surface area contributed by atoms with Crippen molar-refractivity contribution in [1.29, 1.82) is 0 Å². The molecule has 0 saturated heterocycles. The first-order valence-corrected chi connectivity index (χ1v) is 12.0. The summed E-state index contributed by atoms with van der Waals surface area (Å²) in [6, 6.07) is 18.8. The average Bonchev–Trinajstić information content (AvgIpc) is 3.18. The van der Waals surface area contributed by atoms with Gasteiger partial charge in [0.05, 0.1) is 18.6 Å². The number of nitrogens with two attached hydrogens (primary N) is 1. The molecule has 0 unspecified atom stereocenters. The van der Waals surface area contributed by atoms with Crippen molar-refractivity contribution in [2.45, 2.75) is 24.5 Å². The molecule has 2 N–H and O–H groups in total. The second-order valence-corrected chi connectivity index (χ2v) is 9.47. The maximum Gasteiger partial charge on any atom is 0.433 e. The number of hydrogen-bond donors (Lipinski definition) is 1. The molecule has 0 bridgehead atoms. The highest BCUT2D eigenvalue weighted by Gasteiger charge is 2.41. The molecule has 0 radical (unpaired) electrons. The maximum atomic E-state index is 14.6. The molecule has 0 spiro atoms. The van der Waals surface area contributed by atoms with E-state index in [1.54, 1.807) is 49.4 Å². The molecule has 1 heterocycles. The number of benzene rings is 3. The molecule has 0 atom stereocenters. The number of methoxy groups -OCH3 is 1. The molecule has 3 aromatic carbocycles. The SMILES string of the molecule is COc1ccc(-c2c(-c3ccccc3S(N)(=O)=O)nn(Cc3ccccc3)c2C(F)(F)F)cc1C. The minimum Gasteiger partial charge on any atom is -0.496 e. The van der Waals surface area contributed by atoms with E-state index >= 15 is 0 Å². The minimum atomic E-state index is -4.79. The first kappa shape index (κ1) is 24.5. The fraction of sp³-hybridized carbons (Fsp3) is 0.160. The number of sulfonamides is 1. The molecule has 6 nitrogen and oxygen atoms in total. The summed E-state index contributed by atoms with van der Waals surface area (Å²) in [7, 11) is -2.78. The number of hydrogen-bond acceptors (Lipinski definition) is 4. The van der Waals surface area contributed by atoms with Gasteiger partial charge in [0.1, 0.15) is 11.4 Å². The first-order chi connectivity index (χ1) is 16.5. The topological polar surface area (TPSA) is 87.2 Å². The summed E-state index contributed by atoms with van der Waals surface area (Å²) in [5, 5.41) is 9.71. The third-order valence-electron chi connectivity index (χ3n) is 5.53. The number of halogens is 3. The summed E-state index contributed by atoms with van der Waals surface area (Å²) in [6.07, 6.45) is -4.79. The quantitative estimate of drug-likeness (QED) is 0.391. The Morgan fingerprint density at radius 3 is 2.26 bits per heavy atom. The lowest BCUT2D eigenvalue weighted by molar-refractivity contribution is -0.143. The van der Waals surface area contributed by atoms with E-state index in [1.165, 1.54) is 37.4 Å². The van der Waals surface area contributed by atoms with Gasteiger partial charge >= 0.3 is 6.18 Å². The Labute approximate surface area is 200 Å². The fourth-order valence-electron chi connectivity index (χ4n) is 4.03. The van der Waals surface area contributed by atoms with Crippen LogP contribution in [-0.2, 0) is 22.7 Å². The van der Waals surface area contributed by atoms with E-state index in [-0.39, 0.29) is 33.8 Å². The predicted octanol–water partition coefficient (Wildman–Crippen LogP) is 5.25. The Balaban J connectivity index is 2.09. The van der Waals surface area contributed by atoms with Gasteiger partial charge in [0.25, 0.3) is 0 Å². The van der Waals surface area contributed by atoms with Gasteiger partial charge in [-0.05, 0) is 41.8 Å². The van der Waals surface area contributed by atoms with Crippen LogP contribution in [0.3, 0.4) is 0 Å². The average molecular weight is 502 g/mol. The number of alkyl halides is 3. The van der Waals surface area contributed by atoms with Crippen LogP contribution in [0.2, 0.25) is 0 Å². The van der Waals surface area contributed by atoms with Gasteiger partial charge in [0.15, 0.2) is 5.69 Å². The van der Waals surface area contributed by atoms with Crippen molar-refractivity contribution in [2.24, 2.45) is 5.14 Å². The van der Waals surface area contributed by atoms with E-state index in [1.807, 2.05) is 0 Å². The molecule has 35 heavy (non-hydrogen) atoms. The van der Waals surface area contributed by atoms with Gasteiger partial charge in [-0.25, -0.2) is 13.6 Å². The zero-order chi connectivity index (χ0) is 25.4. The smallest absolute Gasteiger partial charge is 0.433 e. The second kappa shape index (κ2) is 9.20. The first-order valence-electron chi connectivity index (χ1n) is 10.5. The molecule has 1 aromatic heterocycles. The summed E-state index contributed by atoms with van der Waals surface area (Å²) in [4.78, 5) is -0.315. The molecule has 0 fully saturated rings. The van der Waals surface area contributed by atoms with E-state index in [2.05, 4.69) is 5.10 Å². The Morgan fingerprint density at radius 1 is 1.00 bits per heavy atom. The van der Waals surface area contributed by atoms with E-state index in [0.29, 0.717) is 16.9 Å². The molecule has 0 aliphatic heterocycles. The number of nitrogens with zero attached hydrogens (tertiary/aromatic N) is 2. The molecule has 0 aliphatic rings. The van der Waals surface area contributed by atoms with Gasteiger partial charge in [-0.3, -0.25) is 4.68 Å². The molecule has 0 amide bonds. The molecule has 4 rings (SSSR count). The van der Waals surface area contributed by atoms with Gasteiger partial charge in [0.2, 0.25) is 10.0 Å². The van der Waals surface area contributed by atoms with E-state index in [0.717, 1.165) is 4.68 Å². The minimum absolute atomic E-state index is 0.0178. The molecule has 0 saturated carbocycles. The van der Waals surface area contributed by atoms with Gasteiger partial charge in [-0.15, -0.1) is 0 Å². The lowest BCUT2D eigenvalue weighted by Crippen LogP contribution is -2.16. The summed E-state index contributed by atoms with van der Waals surface area (Å²) >= 11 is 0. The van der Waals surface area contributed by atoms with Crippen LogP contribution in [0.5, 0.6) is 5.75 Å². The third-order valence-corrected chi connectivity index (χ3v) is 6.50. The summed E-state index contributed by atoms with van der Waals surface area (Å²) in [5.74, 6) is 0.505. The zero-order valence-electron chi connectivity index (χ0n) is 18.9. The van der Waals surface area contributed by atoms with Crippen LogP contribution in [0.1, 0.15) is 16.8 Å². The summed E-state index contributed by atoms with van der Waals surface area (Å²) < 4.78 is 74.4. The number of ether oxygens (including phenoxy) is 1. The van der Waals surface area contributed by atoms with Gasteiger partial charge < -0.3 is 4.74 Å². The van der Waals surface area contributed by atoms with Crippen molar-refractivity contribution < 1.29 is 26.3 Å². The van der Waals surface area contributed by atoms with Crippen molar-refractivity contribution in [3.8, 4) is 28.1 Å². The monoisotopic (exact) mass is 501 g/mol. The third kappa shape index (κ3) is 4.94. The van der Waals surface area contributed by atoms with E-state index < -0.39 is 21.9 Å². The molecule has 4 aromatic rings. The van der Waals surface area contributed by atoms with Gasteiger partial charge in [0, 0.05) is 11.1 Å². The Bertz CT molecular complexity index is 1480. The fourth-order valence-corrected chi connectivity index (χ4v) is 4.77. The molecular formula is C25H22F3N3O3S. The highest BCUT2D eigenvalue weighted by atomic mass is 32.2. The Hall–Kier alpha value is -3.63. The standard InChI is InChI=1S/C25H22F3N3O3S/c1-16-14-18(12-13-20(16)34-2)22-23(19-10-6-7-11-21(19)35(29,32)33)30-31(24(22)25(26,27)28)15-17-8-4-3-5-9-17/h3-14H,15H2,1-2H3,(H2,29,32,33). The van der Waals surface area contributed by atoms with Crippen molar-refractivity contribution >= 4 is 10.0 Å². The highest BCUT2D eigenvalue weighted by molar-refractivity contribution is 7.89. The lowest BCUT2D eigenvalue weighted by Gasteiger charge is -2.14. The van der Waals surface area contributed by atoms with E-state index in [9.17, 15) is 21.6 Å². The van der Waals surface area contributed by atoms with Crippen LogP contribution in [0.15, 0.2) is 77.7 Å². The van der Waals surface area contributed by atoms with Crippen LogP contribution >= 0.6 is 0 Å². The van der Waals surface area contributed by atoms with Crippen molar-refractivity contribution in [1.82, 2.24) is 9.78 Å². The van der Waals surface area contributed by atoms with Crippen LogP contribution in [0, 0.1) is 6.92 Å². The molecule has 0 aliphatic carbocycles. The molecular weight excluding hydrogens is 479 g/mol. The van der Waals surface area contributed by atoms with Crippen LogP contribution in [0.4, 0.5) is 13.2 Å². The highest BCUT2D eigenvalue weighted by Crippen LogP contribution is 2.44. The second-order valence-electron chi connectivity index (χ2n) is 7.94. The normalized spacial score (nSPS) is 12.1. The van der Waals surface area contributed by atoms with Crippen molar-refractivity contribution in [2.75, 3.05) is 7.11 Å². The lowest BCUT2D eigenvalue weighted by atomic mass is 9.97. The number of aromatic nitrogens is 2. The zero-order valence-corrected chi connectivity index (χ0v) is 19.7. The van der Waals surface area contributed by atoms with E-state index in [4.69, 9.17) is 9.88 Å². The summed E-state index contributed by atoms with van der Waals surface area (Å²) in [6.45, 7) is 1.54. The Kier molecular flexibility index (Phi) is 6.44. The number of primary sulfonamides is 1. The maximum absolute atomic E-state index is 14.6. The van der Waals surface area contributed by atoms with Crippen molar-refractivity contribution in [3.63, 3.8) is 0 Å². The Morgan fingerprint density at radius 2 is 1.66 bits per heavy atom. The van der Waals surface area contributed by atoms with Crippen LogP contribution in [-0.4, -0.2) is 25.3 Å².